The van der Waals surface area contributed by atoms with Crippen molar-refractivity contribution in [3.8, 4) is 35.2 Å². The number of halogens is 2. The van der Waals surface area contributed by atoms with Crippen molar-refractivity contribution in [2.24, 2.45) is 0 Å². The van der Waals surface area contributed by atoms with Crippen molar-refractivity contribution < 1.29 is 4.39 Å². The lowest BCUT2D eigenvalue weighted by atomic mass is 10.6. The van der Waals surface area contributed by atoms with Gasteiger partial charge >= 0.3 is 0 Å². The van der Waals surface area contributed by atoms with Crippen LogP contribution in [0.2, 0.25) is 0 Å². The third-order valence-electron chi connectivity index (χ3n) is 0.282. The second kappa shape index (κ2) is 5.90. The molecule has 0 aromatic rings. The molecule has 0 aliphatic heterocycles. The van der Waals surface area contributed by atoms with Crippen molar-refractivity contribution in [2.75, 3.05) is 0 Å². The van der Waals surface area contributed by atoms with Crippen LogP contribution in [0.25, 0.3) is 0 Å². The maximum Gasteiger partial charge on any atom is 0.119 e. The van der Waals surface area contributed by atoms with Gasteiger partial charge in [-0.3, -0.25) is 0 Å². The van der Waals surface area contributed by atoms with Gasteiger partial charge in [-0.05, 0) is 11.6 Å². The molecule has 8 heavy (non-hydrogen) atoms. The lowest BCUT2D eigenvalue weighted by Crippen LogP contribution is -1.46. The zero-order chi connectivity index (χ0) is 6.24. The molecule has 0 nitrogen and oxygen atoms in total. The molecule has 0 heterocycles. The minimum Gasteiger partial charge on any atom is -0.143 e. The Bertz CT molecular complexity index is 198. The SMILES string of the molecule is FC#CC#CC#CCl. The predicted molar refractivity (Wildman–Crippen MR) is 30.3 cm³/mol. The maximum atomic E-state index is 10.9. The normalized spacial score (nSPS) is 3.75. The first kappa shape index (κ1) is 6.90. The van der Waals surface area contributed by atoms with Crippen LogP contribution < -0.4 is 0 Å². The molecule has 0 atom stereocenters. The Hall–Kier alpha value is -1.10. The summed E-state index contributed by atoms with van der Waals surface area (Å²) >= 11 is 4.87. The largest absolute Gasteiger partial charge is 0.143 e. The van der Waals surface area contributed by atoms with Crippen LogP contribution in [0.3, 0.4) is 0 Å². The first-order valence-electron chi connectivity index (χ1n) is 1.63. The van der Waals surface area contributed by atoms with Gasteiger partial charge in [-0.15, -0.1) is 4.39 Å². The highest BCUT2D eigenvalue weighted by Crippen LogP contribution is 1.60. The van der Waals surface area contributed by atoms with Gasteiger partial charge in [-0.1, -0.05) is 0 Å². The van der Waals surface area contributed by atoms with Crippen LogP contribution in [0, 0.1) is 35.2 Å². The van der Waals surface area contributed by atoms with Crippen LogP contribution in [-0.2, 0) is 0 Å². The van der Waals surface area contributed by atoms with E-state index in [1.54, 1.807) is 0 Å². The molecule has 0 aliphatic carbocycles. The summed E-state index contributed by atoms with van der Waals surface area (Å²) in [5.74, 6) is 8.28. The van der Waals surface area contributed by atoms with Gasteiger partial charge in [0, 0.05) is 29.1 Å². The summed E-state index contributed by atoms with van der Waals surface area (Å²) < 4.78 is 10.9. The summed E-state index contributed by atoms with van der Waals surface area (Å²) in [6.07, 6.45) is 1.09. The van der Waals surface area contributed by atoms with Gasteiger partial charge in [0.05, 0.1) is 0 Å². The average molecular weight is 127 g/mol. The second-order valence-corrected chi connectivity index (χ2v) is 0.878. The van der Waals surface area contributed by atoms with Crippen molar-refractivity contribution in [1.82, 2.24) is 0 Å². The Morgan fingerprint density at radius 3 is 2.12 bits per heavy atom. The van der Waals surface area contributed by atoms with E-state index < -0.39 is 0 Å². The minimum absolute atomic E-state index is 1.09. The van der Waals surface area contributed by atoms with Crippen molar-refractivity contribution in [3.05, 3.63) is 0 Å². The first-order valence-corrected chi connectivity index (χ1v) is 2.01. The molecule has 0 amide bonds. The van der Waals surface area contributed by atoms with E-state index in [0.29, 0.717) is 0 Å². The zero-order valence-corrected chi connectivity index (χ0v) is 4.51. The van der Waals surface area contributed by atoms with Gasteiger partial charge < -0.3 is 0 Å². The van der Waals surface area contributed by atoms with E-state index in [1.165, 1.54) is 0 Å². The van der Waals surface area contributed by atoms with E-state index in [-0.39, 0.29) is 0 Å². The summed E-state index contributed by atoms with van der Waals surface area (Å²) in [5, 5.41) is 1.98. The van der Waals surface area contributed by atoms with Gasteiger partial charge in [0.15, 0.2) is 0 Å². The molecular formula is C6ClF. The molecule has 0 fully saturated rings. The fraction of sp³-hybridized carbons (Fsp3) is 0. The Labute approximate surface area is 52.0 Å². The summed E-state index contributed by atoms with van der Waals surface area (Å²) in [4.78, 5) is 0. The minimum atomic E-state index is 1.09. The van der Waals surface area contributed by atoms with Crippen LogP contribution in [0.1, 0.15) is 0 Å². The predicted octanol–water partition coefficient (Wildman–Crippen LogP) is 1.12. The van der Waals surface area contributed by atoms with Crippen molar-refractivity contribution in [3.63, 3.8) is 0 Å². The fourth-order valence-corrected chi connectivity index (χ4v) is 0.157. The topological polar surface area (TPSA) is 0 Å². The molecule has 0 radical (unpaired) electrons. The summed E-state index contributed by atoms with van der Waals surface area (Å²) in [5.41, 5.74) is 0. The Morgan fingerprint density at radius 1 is 1.00 bits per heavy atom. The van der Waals surface area contributed by atoms with Gasteiger partial charge in [-0.2, -0.15) is 0 Å². The molecule has 0 saturated carbocycles. The van der Waals surface area contributed by atoms with Crippen LogP contribution >= 0.6 is 11.6 Å². The monoisotopic (exact) mass is 126 g/mol. The Kier molecular flexibility index (Phi) is 5.09. The summed E-state index contributed by atoms with van der Waals surface area (Å²) in [6, 6.07) is 0. The molecule has 0 unspecified atom stereocenters. The van der Waals surface area contributed by atoms with E-state index in [0.717, 1.165) is 6.17 Å². The van der Waals surface area contributed by atoms with Gasteiger partial charge in [0.2, 0.25) is 0 Å². The first-order chi connectivity index (χ1) is 3.91. The van der Waals surface area contributed by atoms with Gasteiger partial charge in [-0.25, -0.2) is 0 Å². The van der Waals surface area contributed by atoms with Crippen LogP contribution in [0.15, 0.2) is 0 Å². The molecular weight excluding hydrogens is 127 g/mol. The molecule has 0 aromatic carbocycles. The van der Waals surface area contributed by atoms with Crippen LogP contribution in [0.5, 0.6) is 0 Å². The van der Waals surface area contributed by atoms with Crippen molar-refractivity contribution in [1.29, 1.82) is 0 Å². The van der Waals surface area contributed by atoms with Crippen LogP contribution in [0.4, 0.5) is 4.39 Å². The Balaban J connectivity index is 3.75. The highest BCUT2D eigenvalue weighted by atomic mass is 35.5. The average Bonchev–Trinajstić information content (AvgIpc) is 1.81. The van der Waals surface area contributed by atoms with E-state index in [2.05, 4.69) is 17.8 Å². The lowest BCUT2D eigenvalue weighted by molar-refractivity contribution is 0.774. The molecule has 0 spiro atoms. The molecule has 0 aliphatic rings. The smallest absolute Gasteiger partial charge is 0.119 e. The van der Waals surface area contributed by atoms with E-state index in [9.17, 15) is 4.39 Å². The summed E-state index contributed by atoms with van der Waals surface area (Å²) in [7, 11) is 0. The van der Waals surface area contributed by atoms with Gasteiger partial charge in [0.1, 0.15) is 6.17 Å². The van der Waals surface area contributed by atoms with E-state index >= 15 is 0 Å². The Morgan fingerprint density at radius 2 is 1.62 bits per heavy atom. The third-order valence-corrected chi connectivity index (χ3v) is 0.376. The van der Waals surface area contributed by atoms with Crippen molar-refractivity contribution in [2.45, 2.75) is 0 Å². The molecule has 0 bridgehead atoms. The fourth-order valence-electron chi connectivity index (χ4n) is 0.110. The van der Waals surface area contributed by atoms with Crippen LogP contribution in [-0.4, -0.2) is 0 Å². The molecule has 0 aromatic heterocycles. The molecule has 0 N–H and O–H groups in total. The van der Waals surface area contributed by atoms with E-state index in [4.69, 9.17) is 11.6 Å². The van der Waals surface area contributed by atoms with Crippen molar-refractivity contribution >= 4 is 11.6 Å². The molecule has 0 rings (SSSR count). The molecule has 0 saturated heterocycles. The highest BCUT2D eigenvalue weighted by molar-refractivity contribution is 6.30. The lowest BCUT2D eigenvalue weighted by Gasteiger charge is -1.48. The second-order valence-electron chi connectivity index (χ2n) is 0.689. The number of hydrogen-bond acceptors (Lipinski definition) is 0. The number of rotatable bonds is 0. The summed E-state index contributed by atoms with van der Waals surface area (Å²) in [6.45, 7) is 0. The zero-order valence-electron chi connectivity index (χ0n) is 3.76. The highest BCUT2D eigenvalue weighted by Gasteiger charge is 1.51. The third kappa shape index (κ3) is 4.90. The standard InChI is InChI=1S/C6ClF/c7-5-3-1-2-4-6-8. The molecule has 2 heteroatoms. The molecule has 38 valence electrons. The quantitative estimate of drug-likeness (QED) is 0.427. The van der Waals surface area contributed by atoms with E-state index in [1.807, 2.05) is 11.3 Å². The van der Waals surface area contributed by atoms with Gasteiger partial charge in [0.25, 0.3) is 0 Å². The maximum absolute atomic E-state index is 10.9. The number of hydrogen-bond donors (Lipinski definition) is 0.